The minimum absolute atomic E-state index is 0.0991. The summed E-state index contributed by atoms with van der Waals surface area (Å²) in [4.78, 5) is 24.7. The lowest BCUT2D eigenvalue weighted by Crippen LogP contribution is -2.51. The Morgan fingerprint density at radius 1 is 1.11 bits per heavy atom. The molecule has 0 amide bonds. The molecule has 4 aliphatic rings. The van der Waals surface area contributed by atoms with E-state index in [0.717, 1.165) is 37.5 Å². The fourth-order valence-corrected chi connectivity index (χ4v) is 6.19. The zero-order valence-corrected chi connectivity index (χ0v) is 15.6. The summed E-state index contributed by atoms with van der Waals surface area (Å²) in [5, 5.41) is 5.01. The molecule has 0 aromatic heterocycles. The first-order valence-electron chi connectivity index (χ1n) is 9.19. The third kappa shape index (κ3) is 3.40. The molecule has 5 rings (SSSR count). The summed E-state index contributed by atoms with van der Waals surface area (Å²) in [7, 11) is -4.08. The van der Waals surface area contributed by atoms with Gasteiger partial charge in [-0.1, -0.05) is 0 Å². The van der Waals surface area contributed by atoms with Gasteiger partial charge in [-0.05, 0) is 74.5 Å². The average Bonchev–Trinajstić information content (AvgIpc) is 2.57. The second-order valence-electron chi connectivity index (χ2n) is 8.38. The molecule has 0 spiro atoms. The zero-order chi connectivity index (χ0) is 19.4. The molecule has 0 aliphatic heterocycles. The van der Waals surface area contributed by atoms with Crippen LogP contribution < -0.4 is 5.14 Å². The Balaban J connectivity index is 1.46. The molecule has 1 aromatic carbocycles. The van der Waals surface area contributed by atoms with E-state index in [0.29, 0.717) is 17.8 Å². The molecule has 6 nitrogen and oxygen atoms in total. The third-order valence-electron chi connectivity index (χ3n) is 6.45. The van der Waals surface area contributed by atoms with Gasteiger partial charge < -0.3 is 4.74 Å². The standard InChI is InChI=1S/C19H22FNO5S/c20-16-2-1-14(27(21,24)25)6-15(16)18(23)26-10-17(22)19-7-11-3-12(8-19)5-13(4-11)9-19/h1-2,6,11-13H,3-5,7-10H2,(H2,21,24,25). The molecule has 0 heterocycles. The number of halogens is 1. The highest BCUT2D eigenvalue weighted by atomic mass is 32.2. The van der Waals surface area contributed by atoms with Gasteiger partial charge in [-0.25, -0.2) is 22.7 Å². The van der Waals surface area contributed by atoms with Crippen molar-refractivity contribution in [3.63, 3.8) is 0 Å². The first-order valence-corrected chi connectivity index (χ1v) is 10.7. The van der Waals surface area contributed by atoms with E-state index in [-0.39, 0.29) is 10.7 Å². The molecule has 4 saturated carbocycles. The van der Waals surface area contributed by atoms with Crippen molar-refractivity contribution in [2.24, 2.45) is 28.3 Å². The topological polar surface area (TPSA) is 104 Å². The number of primary sulfonamides is 1. The highest BCUT2D eigenvalue weighted by Gasteiger charge is 2.54. The van der Waals surface area contributed by atoms with E-state index in [2.05, 4.69) is 0 Å². The number of esters is 1. The number of Topliss-reactive ketones (excluding diaryl/α,β-unsaturated/α-hetero) is 1. The van der Waals surface area contributed by atoms with Gasteiger partial charge >= 0.3 is 5.97 Å². The molecule has 4 aliphatic carbocycles. The van der Waals surface area contributed by atoms with Crippen molar-refractivity contribution in [3.05, 3.63) is 29.6 Å². The Kier molecular flexibility index (Phi) is 4.38. The minimum Gasteiger partial charge on any atom is -0.454 e. The fourth-order valence-electron chi connectivity index (χ4n) is 5.65. The SMILES string of the molecule is NS(=O)(=O)c1ccc(F)c(C(=O)OCC(=O)C23CC4CC(CC(C4)C2)C3)c1. The number of carbonyl (C=O) groups is 2. The van der Waals surface area contributed by atoms with Crippen LogP contribution in [0.4, 0.5) is 4.39 Å². The van der Waals surface area contributed by atoms with Crippen molar-refractivity contribution in [1.82, 2.24) is 0 Å². The molecule has 0 unspecified atom stereocenters. The second kappa shape index (κ2) is 6.38. The van der Waals surface area contributed by atoms with E-state index < -0.39 is 39.4 Å². The summed E-state index contributed by atoms with van der Waals surface area (Å²) < 4.78 is 41.8. The van der Waals surface area contributed by atoms with Crippen LogP contribution >= 0.6 is 0 Å². The van der Waals surface area contributed by atoms with Gasteiger partial charge in [0, 0.05) is 5.41 Å². The molecule has 4 bridgehead atoms. The molecule has 146 valence electrons. The smallest absolute Gasteiger partial charge is 0.341 e. The van der Waals surface area contributed by atoms with Crippen LogP contribution in [0.5, 0.6) is 0 Å². The van der Waals surface area contributed by atoms with E-state index in [1.54, 1.807) is 0 Å². The maximum absolute atomic E-state index is 13.9. The van der Waals surface area contributed by atoms with Gasteiger partial charge in [0.1, 0.15) is 5.82 Å². The Hall–Kier alpha value is -1.80. The van der Waals surface area contributed by atoms with Crippen LogP contribution in [0.25, 0.3) is 0 Å². The number of hydrogen-bond donors (Lipinski definition) is 1. The lowest BCUT2D eigenvalue weighted by atomic mass is 9.48. The molecule has 0 atom stereocenters. The van der Waals surface area contributed by atoms with Gasteiger partial charge in [-0.15, -0.1) is 0 Å². The van der Waals surface area contributed by atoms with Crippen molar-refractivity contribution < 1.29 is 27.1 Å². The highest BCUT2D eigenvalue weighted by Crippen LogP contribution is 2.60. The van der Waals surface area contributed by atoms with Crippen LogP contribution in [0.1, 0.15) is 48.9 Å². The molecule has 4 fully saturated rings. The summed E-state index contributed by atoms with van der Waals surface area (Å²) in [5.41, 5.74) is -0.949. The normalized spacial score (nSPS) is 31.7. The van der Waals surface area contributed by atoms with Crippen molar-refractivity contribution in [3.8, 4) is 0 Å². The number of hydrogen-bond acceptors (Lipinski definition) is 5. The molecular formula is C19H22FNO5S. The average molecular weight is 395 g/mol. The largest absolute Gasteiger partial charge is 0.454 e. The molecule has 27 heavy (non-hydrogen) atoms. The van der Waals surface area contributed by atoms with E-state index in [1.165, 1.54) is 19.3 Å². The lowest BCUT2D eigenvalue weighted by molar-refractivity contribution is -0.147. The highest BCUT2D eigenvalue weighted by molar-refractivity contribution is 7.89. The predicted octanol–water partition coefficient (Wildman–Crippen LogP) is 2.42. The number of ether oxygens (including phenoxy) is 1. The van der Waals surface area contributed by atoms with Crippen LogP contribution in [0.15, 0.2) is 23.1 Å². The van der Waals surface area contributed by atoms with Crippen molar-refractivity contribution >= 4 is 21.8 Å². The molecule has 0 saturated heterocycles. The Morgan fingerprint density at radius 3 is 2.19 bits per heavy atom. The molecule has 2 N–H and O–H groups in total. The second-order valence-corrected chi connectivity index (χ2v) is 9.95. The quantitative estimate of drug-likeness (QED) is 0.771. The van der Waals surface area contributed by atoms with Gasteiger partial charge in [0.2, 0.25) is 10.0 Å². The summed E-state index contributed by atoms with van der Waals surface area (Å²) in [6.07, 6.45) is 6.13. The Labute approximate surface area is 157 Å². The number of benzene rings is 1. The van der Waals surface area contributed by atoms with Crippen LogP contribution in [-0.4, -0.2) is 26.8 Å². The van der Waals surface area contributed by atoms with E-state index in [9.17, 15) is 22.4 Å². The summed E-state index contributed by atoms with van der Waals surface area (Å²) >= 11 is 0. The fraction of sp³-hybridized carbons (Fsp3) is 0.579. The summed E-state index contributed by atoms with van der Waals surface area (Å²) in [6, 6.07) is 2.65. The number of rotatable bonds is 5. The molecule has 0 radical (unpaired) electrons. The van der Waals surface area contributed by atoms with Gasteiger partial charge in [-0.3, -0.25) is 4.79 Å². The van der Waals surface area contributed by atoms with Crippen LogP contribution in [-0.2, 0) is 19.6 Å². The molecular weight excluding hydrogens is 373 g/mol. The predicted molar refractivity (Wildman–Crippen MR) is 93.7 cm³/mol. The number of carbonyl (C=O) groups excluding carboxylic acids is 2. The summed E-state index contributed by atoms with van der Waals surface area (Å²) in [6.45, 7) is -0.413. The first-order chi connectivity index (χ1) is 12.7. The van der Waals surface area contributed by atoms with Crippen molar-refractivity contribution in [1.29, 1.82) is 0 Å². The zero-order valence-electron chi connectivity index (χ0n) is 14.8. The molecule has 8 heteroatoms. The van der Waals surface area contributed by atoms with Crippen LogP contribution in [0, 0.1) is 29.0 Å². The summed E-state index contributed by atoms with van der Waals surface area (Å²) in [5.74, 6) is -0.331. The number of ketones is 1. The number of nitrogens with two attached hydrogens (primary N) is 1. The van der Waals surface area contributed by atoms with Crippen molar-refractivity contribution in [2.45, 2.75) is 43.4 Å². The third-order valence-corrected chi connectivity index (χ3v) is 7.36. The maximum atomic E-state index is 13.9. The number of sulfonamides is 1. The van der Waals surface area contributed by atoms with E-state index in [1.807, 2.05) is 0 Å². The van der Waals surface area contributed by atoms with Gasteiger partial charge in [0.15, 0.2) is 12.4 Å². The van der Waals surface area contributed by atoms with E-state index in [4.69, 9.17) is 9.88 Å². The lowest BCUT2D eigenvalue weighted by Gasteiger charge is -2.55. The van der Waals surface area contributed by atoms with Crippen LogP contribution in [0.2, 0.25) is 0 Å². The van der Waals surface area contributed by atoms with Crippen LogP contribution in [0.3, 0.4) is 0 Å². The minimum atomic E-state index is -4.08. The van der Waals surface area contributed by atoms with Crippen molar-refractivity contribution in [2.75, 3.05) is 6.61 Å². The Morgan fingerprint density at radius 2 is 1.67 bits per heavy atom. The first kappa shape index (κ1) is 18.6. The molecule has 1 aromatic rings. The van der Waals surface area contributed by atoms with Gasteiger partial charge in [-0.2, -0.15) is 0 Å². The van der Waals surface area contributed by atoms with Gasteiger partial charge in [0.05, 0.1) is 10.5 Å². The van der Waals surface area contributed by atoms with E-state index >= 15 is 0 Å². The van der Waals surface area contributed by atoms with Gasteiger partial charge in [0.25, 0.3) is 0 Å². The maximum Gasteiger partial charge on any atom is 0.341 e. The monoisotopic (exact) mass is 395 g/mol. The Bertz CT molecular complexity index is 875.